The molecule has 134 valence electrons. The van der Waals surface area contributed by atoms with Gasteiger partial charge < -0.3 is 19.1 Å². The third-order valence-corrected chi connectivity index (χ3v) is 4.25. The molecule has 1 aromatic carbocycles. The van der Waals surface area contributed by atoms with Gasteiger partial charge in [-0.25, -0.2) is 0 Å². The van der Waals surface area contributed by atoms with Crippen molar-refractivity contribution < 1.29 is 19.0 Å². The van der Waals surface area contributed by atoms with Crippen LogP contribution in [0.15, 0.2) is 30.3 Å². The summed E-state index contributed by atoms with van der Waals surface area (Å²) in [4.78, 5) is 14.5. The Labute approximate surface area is 144 Å². The number of hydrogen-bond donors (Lipinski definition) is 0. The van der Waals surface area contributed by atoms with Gasteiger partial charge >= 0.3 is 0 Å². The van der Waals surface area contributed by atoms with Crippen molar-refractivity contribution in [1.29, 1.82) is 0 Å². The van der Waals surface area contributed by atoms with Gasteiger partial charge in [0.15, 0.2) is 0 Å². The zero-order chi connectivity index (χ0) is 17.2. The second-order valence-corrected chi connectivity index (χ2v) is 6.20. The van der Waals surface area contributed by atoms with E-state index in [2.05, 4.69) is 0 Å². The first-order valence-electron chi connectivity index (χ1n) is 8.75. The van der Waals surface area contributed by atoms with Crippen LogP contribution in [-0.4, -0.2) is 56.5 Å². The number of methoxy groups -OCH3 is 1. The quantitative estimate of drug-likeness (QED) is 0.696. The minimum atomic E-state index is -0.476. The fourth-order valence-corrected chi connectivity index (χ4v) is 2.79. The Kier molecular flexibility index (Phi) is 8.22. The Morgan fingerprint density at radius 1 is 1.33 bits per heavy atom. The minimum absolute atomic E-state index is 0.00767. The summed E-state index contributed by atoms with van der Waals surface area (Å²) in [6, 6.07) is 9.98. The van der Waals surface area contributed by atoms with Crippen LogP contribution >= 0.6 is 0 Å². The lowest BCUT2D eigenvalue weighted by molar-refractivity contribution is -0.147. The summed E-state index contributed by atoms with van der Waals surface area (Å²) < 4.78 is 16.6. The van der Waals surface area contributed by atoms with Crippen molar-refractivity contribution in [2.75, 3.05) is 33.5 Å². The van der Waals surface area contributed by atoms with Gasteiger partial charge in [-0.1, -0.05) is 30.3 Å². The van der Waals surface area contributed by atoms with E-state index in [4.69, 9.17) is 14.2 Å². The number of carbonyl (C=O) groups excluding carboxylic acids is 1. The molecule has 0 aromatic heterocycles. The first-order valence-corrected chi connectivity index (χ1v) is 8.75. The number of nitrogens with zero attached hydrogens (tertiary/aromatic N) is 1. The van der Waals surface area contributed by atoms with Crippen LogP contribution in [0.4, 0.5) is 0 Å². The normalized spacial score (nSPS) is 19.0. The molecule has 0 bridgehead atoms. The van der Waals surface area contributed by atoms with Gasteiger partial charge in [0.2, 0.25) is 0 Å². The Morgan fingerprint density at radius 2 is 2.12 bits per heavy atom. The van der Waals surface area contributed by atoms with Gasteiger partial charge in [0, 0.05) is 26.8 Å². The molecule has 0 unspecified atom stereocenters. The second kappa shape index (κ2) is 10.4. The van der Waals surface area contributed by atoms with Gasteiger partial charge in [0.25, 0.3) is 5.91 Å². The van der Waals surface area contributed by atoms with E-state index in [0.29, 0.717) is 26.3 Å². The number of hydrogen-bond acceptors (Lipinski definition) is 4. The summed E-state index contributed by atoms with van der Waals surface area (Å²) in [5.41, 5.74) is 1.10. The molecule has 0 spiro atoms. The molecule has 0 N–H and O–H groups in total. The zero-order valence-corrected chi connectivity index (χ0v) is 14.8. The molecule has 1 fully saturated rings. The van der Waals surface area contributed by atoms with Crippen LogP contribution < -0.4 is 0 Å². The molecule has 1 heterocycles. The summed E-state index contributed by atoms with van der Waals surface area (Å²) in [6.45, 7) is 4.72. The Morgan fingerprint density at radius 3 is 2.79 bits per heavy atom. The summed E-state index contributed by atoms with van der Waals surface area (Å²) in [5, 5.41) is 0. The molecule has 1 saturated heterocycles. The van der Waals surface area contributed by atoms with Gasteiger partial charge in [0.1, 0.15) is 6.10 Å². The molecule has 0 radical (unpaired) electrons. The topological polar surface area (TPSA) is 48.0 Å². The first-order chi connectivity index (χ1) is 11.7. The van der Waals surface area contributed by atoms with Crippen molar-refractivity contribution in [3.63, 3.8) is 0 Å². The summed E-state index contributed by atoms with van der Waals surface area (Å²) >= 11 is 0. The fourth-order valence-electron chi connectivity index (χ4n) is 2.79. The van der Waals surface area contributed by atoms with Crippen molar-refractivity contribution in [2.45, 2.75) is 44.9 Å². The van der Waals surface area contributed by atoms with Crippen LogP contribution in [0.25, 0.3) is 0 Å². The number of rotatable bonds is 9. The summed E-state index contributed by atoms with van der Waals surface area (Å²) in [7, 11) is 1.64. The Hall–Kier alpha value is -1.43. The molecule has 1 aromatic rings. The summed E-state index contributed by atoms with van der Waals surface area (Å²) in [5.74, 6) is -0.00767. The molecule has 0 saturated carbocycles. The smallest absolute Gasteiger partial charge is 0.251 e. The lowest BCUT2D eigenvalue weighted by Gasteiger charge is -2.28. The van der Waals surface area contributed by atoms with E-state index in [1.54, 1.807) is 12.0 Å². The third kappa shape index (κ3) is 6.23. The fraction of sp³-hybridized carbons (Fsp3) is 0.632. The number of carbonyl (C=O) groups is 1. The molecule has 5 nitrogen and oxygen atoms in total. The highest BCUT2D eigenvalue weighted by Gasteiger charge is 2.23. The van der Waals surface area contributed by atoms with E-state index < -0.39 is 6.10 Å². The maximum absolute atomic E-state index is 12.7. The number of ether oxygens (including phenoxy) is 3. The van der Waals surface area contributed by atoms with Gasteiger partial charge in [0.05, 0.1) is 19.3 Å². The highest BCUT2D eigenvalue weighted by molar-refractivity contribution is 5.80. The van der Waals surface area contributed by atoms with Gasteiger partial charge in [-0.05, 0) is 31.7 Å². The molecule has 5 heteroatoms. The summed E-state index contributed by atoms with van der Waals surface area (Å²) in [6.07, 6.45) is 2.95. The van der Waals surface area contributed by atoms with E-state index in [-0.39, 0.29) is 12.0 Å². The molecule has 0 aliphatic carbocycles. The third-order valence-electron chi connectivity index (χ3n) is 4.25. The van der Waals surface area contributed by atoms with E-state index in [9.17, 15) is 4.79 Å². The molecule has 1 aliphatic heterocycles. The zero-order valence-electron chi connectivity index (χ0n) is 14.8. The molecular formula is C19H29NO4. The molecule has 1 amide bonds. The van der Waals surface area contributed by atoms with Crippen molar-refractivity contribution >= 4 is 5.91 Å². The van der Waals surface area contributed by atoms with Crippen molar-refractivity contribution in [3.05, 3.63) is 35.9 Å². The van der Waals surface area contributed by atoms with Crippen LogP contribution in [0.5, 0.6) is 0 Å². The Bertz CT molecular complexity index is 474. The van der Waals surface area contributed by atoms with Gasteiger partial charge in [-0.2, -0.15) is 0 Å². The van der Waals surface area contributed by atoms with Crippen molar-refractivity contribution in [3.8, 4) is 0 Å². The molecule has 2 atom stereocenters. The maximum Gasteiger partial charge on any atom is 0.251 e. The highest BCUT2D eigenvalue weighted by atomic mass is 16.5. The number of benzene rings is 1. The predicted molar refractivity (Wildman–Crippen MR) is 92.7 cm³/mol. The van der Waals surface area contributed by atoms with E-state index in [1.807, 2.05) is 37.3 Å². The molecule has 24 heavy (non-hydrogen) atoms. The molecular weight excluding hydrogens is 306 g/mol. The average Bonchev–Trinajstić information content (AvgIpc) is 2.64. The first kappa shape index (κ1) is 18.9. The Balaban J connectivity index is 1.87. The van der Waals surface area contributed by atoms with Crippen LogP contribution in [0.2, 0.25) is 0 Å². The largest absolute Gasteiger partial charge is 0.383 e. The molecule has 2 rings (SSSR count). The highest BCUT2D eigenvalue weighted by Crippen LogP contribution is 2.14. The van der Waals surface area contributed by atoms with Crippen LogP contribution in [0, 0.1) is 0 Å². The lowest BCUT2D eigenvalue weighted by atomic mass is 10.1. The SMILES string of the molecule is COCCN(Cc1ccccc1)C(=O)[C@H](C)OC[C@H]1CCCCO1. The van der Waals surface area contributed by atoms with E-state index in [1.165, 1.54) is 6.42 Å². The van der Waals surface area contributed by atoms with Crippen LogP contribution in [-0.2, 0) is 25.5 Å². The monoisotopic (exact) mass is 335 g/mol. The minimum Gasteiger partial charge on any atom is -0.383 e. The van der Waals surface area contributed by atoms with Crippen molar-refractivity contribution in [2.24, 2.45) is 0 Å². The predicted octanol–water partition coefficient (Wildman–Crippen LogP) is 2.64. The second-order valence-electron chi connectivity index (χ2n) is 6.20. The maximum atomic E-state index is 12.7. The standard InChI is InChI=1S/C19H29NO4/c1-16(24-15-18-10-6-7-12-23-18)19(21)20(11-13-22-2)14-17-8-4-3-5-9-17/h3-5,8-9,16,18H,6-7,10-15H2,1-2H3/t16-,18+/m0/s1. The molecule has 1 aliphatic rings. The average molecular weight is 335 g/mol. The van der Waals surface area contributed by atoms with E-state index >= 15 is 0 Å². The van der Waals surface area contributed by atoms with Gasteiger partial charge in [-0.3, -0.25) is 4.79 Å². The van der Waals surface area contributed by atoms with Crippen molar-refractivity contribution in [1.82, 2.24) is 4.90 Å². The van der Waals surface area contributed by atoms with Gasteiger partial charge in [-0.15, -0.1) is 0 Å². The van der Waals surface area contributed by atoms with Crippen LogP contribution in [0.3, 0.4) is 0 Å². The lowest BCUT2D eigenvalue weighted by Crippen LogP contribution is -2.41. The van der Waals surface area contributed by atoms with Crippen LogP contribution in [0.1, 0.15) is 31.7 Å². The number of amides is 1. The van der Waals surface area contributed by atoms with E-state index in [0.717, 1.165) is 25.0 Å².